The van der Waals surface area contributed by atoms with Crippen LogP contribution in [-0.4, -0.2) is 15.0 Å². The summed E-state index contributed by atoms with van der Waals surface area (Å²) in [5.74, 6) is 0. The molecule has 2 aromatic rings. The zero-order valence-corrected chi connectivity index (χ0v) is 11.4. The van der Waals surface area contributed by atoms with Crippen molar-refractivity contribution in [2.75, 3.05) is 5.32 Å². The molecule has 0 aliphatic rings. The number of nitrogens with zero attached hydrogens (tertiary/aromatic N) is 4. The number of nitrogens with one attached hydrogen (secondary N) is 1. The molecule has 0 bridgehead atoms. The molecule has 1 N–H and O–H groups in total. The highest BCUT2D eigenvalue weighted by molar-refractivity contribution is 5.47. The minimum atomic E-state index is -0.455. The summed E-state index contributed by atoms with van der Waals surface area (Å²) in [6.45, 7) is 4.46. The first-order valence-electron chi connectivity index (χ1n) is 6.12. The second kappa shape index (κ2) is 5.11. The Morgan fingerprint density at radius 3 is 2.53 bits per heavy atom. The fourth-order valence-corrected chi connectivity index (χ4v) is 1.74. The standard InChI is InChI=1S/C14H17N5/c1-14(2,10-15)11-4-6-12(7-5-11)16-8-13-9-19(3)18-17-13/h4-7,9,16H,8H2,1-3H3. The molecule has 98 valence electrons. The average molecular weight is 255 g/mol. The third-order valence-corrected chi connectivity index (χ3v) is 3.01. The van der Waals surface area contributed by atoms with Crippen LogP contribution >= 0.6 is 0 Å². The highest BCUT2D eigenvalue weighted by Crippen LogP contribution is 2.23. The van der Waals surface area contributed by atoms with Crippen LogP contribution in [0.15, 0.2) is 30.5 Å². The van der Waals surface area contributed by atoms with Crippen LogP contribution in [0.25, 0.3) is 0 Å². The molecule has 0 atom stereocenters. The predicted molar refractivity (Wildman–Crippen MR) is 73.4 cm³/mol. The van der Waals surface area contributed by atoms with E-state index in [4.69, 9.17) is 5.26 Å². The first-order valence-corrected chi connectivity index (χ1v) is 6.12. The Kier molecular flexibility index (Phi) is 3.52. The number of anilines is 1. The molecular formula is C14H17N5. The number of aryl methyl sites for hydroxylation is 1. The molecule has 0 unspecified atom stereocenters. The monoisotopic (exact) mass is 255 g/mol. The summed E-state index contributed by atoms with van der Waals surface area (Å²) < 4.78 is 1.68. The molecule has 0 aliphatic heterocycles. The lowest BCUT2D eigenvalue weighted by molar-refractivity contribution is 0.687. The Labute approximate surface area is 112 Å². The zero-order chi connectivity index (χ0) is 13.9. The SMILES string of the molecule is Cn1cc(CNc2ccc(C(C)(C)C#N)cc2)nn1. The van der Waals surface area contributed by atoms with E-state index in [1.54, 1.807) is 4.68 Å². The van der Waals surface area contributed by atoms with E-state index in [0.717, 1.165) is 16.9 Å². The summed E-state index contributed by atoms with van der Waals surface area (Å²) in [6, 6.07) is 10.2. The minimum Gasteiger partial charge on any atom is -0.379 e. The number of nitriles is 1. The van der Waals surface area contributed by atoms with Crippen LogP contribution in [-0.2, 0) is 19.0 Å². The van der Waals surface area contributed by atoms with E-state index in [1.165, 1.54) is 0 Å². The largest absolute Gasteiger partial charge is 0.379 e. The van der Waals surface area contributed by atoms with Gasteiger partial charge in [-0.25, -0.2) is 0 Å². The van der Waals surface area contributed by atoms with Crippen LogP contribution < -0.4 is 5.32 Å². The van der Waals surface area contributed by atoms with E-state index >= 15 is 0 Å². The maximum atomic E-state index is 9.09. The molecule has 0 fully saturated rings. The molecule has 0 spiro atoms. The van der Waals surface area contributed by atoms with Crippen molar-refractivity contribution in [1.82, 2.24) is 15.0 Å². The Bertz CT molecular complexity index is 589. The second-order valence-corrected chi connectivity index (χ2v) is 5.05. The molecular weight excluding hydrogens is 238 g/mol. The van der Waals surface area contributed by atoms with Crippen molar-refractivity contribution < 1.29 is 0 Å². The molecule has 0 saturated carbocycles. The number of hydrogen-bond acceptors (Lipinski definition) is 4. The van der Waals surface area contributed by atoms with Crippen molar-refractivity contribution in [3.05, 3.63) is 41.7 Å². The topological polar surface area (TPSA) is 66.5 Å². The molecule has 19 heavy (non-hydrogen) atoms. The summed E-state index contributed by atoms with van der Waals surface area (Å²) in [7, 11) is 1.84. The van der Waals surface area contributed by atoms with Crippen LogP contribution in [0.3, 0.4) is 0 Å². The van der Waals surface area contributed by atoms with E-state index in [9.17, 15) is 0 Å². The van der Waals surface area contributed by atoms with Crippen LogP contribution in [0.4, 0.5) is 5.69 Å². The van der Waals surface area contributed by atoms with Gasteiger partial charge in [0.2, 0.25) is 0 Å². The number of rotatable bonds is 4. The average Bonchev–Trinajstić information content (AvgIpc) is 2.83. The van der Waals surface area contributed by atoms with Gasteiger partial charge in [-0.3, -0.25) is 4.68 Å². The lowest BCUT2D eigenvalue weighted by Gasteiger charge is -2.16. The molecule has 0 saturated heterocycles. The Balaban J connectivity index is 2.02. The van der Waals surface area contributed by atoms with Crippen molar-refractivity contribution in [3.63, 3.8) is 0 Å². The third-order valence-electron chi connectivity index (χ3n) is 3.01. The van der Waals surface area contributed by atoms with Gasteiger partial charge >= 0.3 is 0 Å². The molecule has 1 aromatic heterocycles. The number of hydrogen-bond donors (Lipinski definition) is 1. The molecule has 2 rings (SSSR count). The third kappa shape index (κ3) is 3.10. The molecule has 0 radical (unpaired) electrons. The summed E-state index contributed by atoms with van der Waals surface area (Å²) in [5, 5.41) is 20.2. The van der Waals surface area contributed by atoms with Gasteiger partial charge in [-0.15, -0.1) is 5.10 Å². The fourth-order valence-electron chi connectivity index (χ4n) is 1.74. The van der Waals surface area contributed by atoms with E-state index in [1.807, 2.05) is 51.4 Å². The van der Waals surface area contributed by atoms with Crippen molar-refractivity contribution in [2.45, 2.75) is 25.8 Å². The van der Waals surface area contributed by atoms with Crippen molar-refractivity contribution in [1.29, 1.82) is 5.26 Å². The molecule has 5 nitrogen and oxygen atoms in total. The van der Waals surface area contributed by atoms with Gasteiger partial charge < -0.3 is 5.32 Å². The highest BCUT2D eigenvalue weighted by Gasteiger charge is 2.18. The van der Waals surface area contributed by atoms with E-state index in [-0.39, 0.29) is 0 Å². The second-order valence-electron chi connectivity index (χ2n) is 5.05. The first-order chi connectivity index (χ1) is 9.01. The highest BCUT2D eigenvalue weighted by atomic mass is 15.4. The van der Waals surface area contributed by atoms with Gasteiger partial charge in [0.05, 0.1) is 18.0 Å². The lowest BCUT2D eigenvalue weighted by atomic mass is 9.86. The fraction of sp³-hybridized carbons (Fsp3) is 0.357. The van der Waals surface area contributed by atoms with Crippen LogP contribution in [0.5, 0.6) is 0 Å². The maximum absolute atomic E-state index is 9.09. The summed E-state index contributed by atoms with van der Waals surface area (Å²) in [6.07, 6.45) is 1.88. The first kappa shape index (κ1) is 13.1. The van der Waals surface area contributed by atoms with Crippen molar-refractivity contribution >= 4 is 5.69 Å². The summed E-state index contributed by atoms with van der Waals surface area (Å²) in [4.78, 5) is 0. The summed E-state index contributed by atoms with van der Waals surface area (Å²) >= 11 is 0. The van der Waals surface area contributed by atoms with E-state index in [2.05, 4.69) is 21.7 Å². The Hall–Kier alpha value is -2.35. The van der Waals surface area contributed by atoms with Gasteiger partial charge in [0.1, 0.15) is 5.69 Å². The Morgan fingerprint density at radius 1 is 1.32 bits per heavy atom. The van der Waals surface area contributed by atoms with E-state index < -0.39 is 5.41 Å². The van der Waals surface area contributed by atoms with E-state index in [0.29, 0.717) is 6.54 Å². The van der Waals surface area contributed by atoms with Gasteiger partial charge in [-0.1, -0.05) is 17.3 Å². The van der Waals surface area contributed by atoms with Gasteiger partial charge in [-0.2, -0.15) is 5.26 Å². The molecule has 0 aliphatic carbocycles. The zero-order valence-electron chi connectivity index (χ0n) is 11.4. The van der Waals surface area contributed by atoms with Crippen LogP contribution in [0, 0.1) is 11.3 Å². The summed E-state index contributed by atoms with van der Waals surface area (Å²) in [5.41, 5.74) is 2.45. The smallest absolute Gasteiger partial charge is 0.102 e. The predicted octanol–water partition coefficient (Wildman–Crippen LogP) is 2.23. The molecule has 5 heteroatoms. The van der Waals surface area contributed by atoms with Crippen LogP contribution in [0.1, 0.15) is 25.1 Å². The quantitative estimate of drug-likeness (QED) is 0.909. The van der Waals surface area contributed by atoms with Crippen molar-refractivity contribution in [3.8, 4) is 6.07 Å². The van der Waals surface area contributed by atoms with Gasteiger partial charge in [0, 0.05) is 18.9 Å². The number of benzene rings is 1. The minimum absolute atomic E-state index is 0.455. The normalized spacial score (nSPS) is 11.1. The van der Waals surface area contributed by atoms with Crippen molar-refractivity contribution in [2.24, 2.45) is 7.05 Å². The van der Waals surface area contributed by atoms with Crippen LogP contribution in [0.2, 0.25) is 0 Å². The number of aromatic nitrogens is 3. The van der Waals surface area contributed by atoms with Gasteiger partial charge in [0.25, 0.3) is 0 Å². The molecule has 1 aromatic carbocycles. The Morgan fingerprint density at radius 2 is 2.00 bits per heavy atom. The van der Waals surface area contributed by atoms with Gasteiger partial charge in [0.15, 0.2) is 0 Å². The maximum Gasteiger partial charge on any atom is 0.102 e. The molecule has 0 amide bonds. The van der Waals surface area contributed by atoms with Gasteiger partial charge in [-0.05, 0) is 31.5 Å². The molecule has 1 heterocycles. The lowest BCUT2D eigenvalue weighted by Crippen LogP contribution is -2.13.